The van der Waals surface area contributed by atoms with Gasteiger partial charge in [0.2, 0.25) is 0 Å². The van der Waals surface area contributed by atoms with Crippen molar-refractivity contribution in [2.24, 2.45) is 0 Å². The molecule has 0 amide bonds. The first kappa shape index (κ1) is 11.7. The molecular weight excluding hydrogens is 262 g/mol. The van der Waals surface area contributed by atoms with Crippen LogP contribution in [0.15, 0.2) is 52.5 Å². The van der Waals surface area contributed by atoms with Crippen LogP contribution in [0, 0.1) is 0 Å². The third-order valence-corrected chi connectivity index (χ3v) is 3.55. The summed E-state index contributed by atoms with van der Waals surface area (Å²) in [4.78, 5) is 15.3. The molecule has 94 valence electrons. The number of nitrogens with zero attached hydrogens (tertiary/aromatic N) is 1. The maximum Gasteiger partial charge on any atom is 0.335 e. The average Bonchev–Trinajstić information content (AvgIpc) is 3.10. The zero-order chi connectivity index (χ0) is 13.2. The fourth-order valence-electron chi connectivity index (χ4n) is 1.70. The lowest BCUT2D eigenvalue weighted by molar-refractivity contribution is 0.0697. The molecule has 0 unspecified atom stereocenters. The number of carboxylic acid groups (broad SMARTS) is 1. The van der Waals surface area contributed by atoms with E-state index in [-0.39, 0.29) is 5.56 Å². The van der Waals surface area contributed by atoms with Crippen molar-refractivity contribution < 1.29 is 14.3 Å². The molecule has 0 bridgehead atoms. The average molecular weight is 271 g/mol. The van der Waals surface area contributed by atoms with Crippen LogP contribution >= 0.6 is 11.3 Å². The Morgan fingerprint density at radius 3 is 2.63 bits per heavy atom. The topological polar surface area (TPSA) is 63.3 Å². The van der Waals surface area contributed by atoms with Crippen molar-refractivity contribution in [2.75, 3.05) is 0 Å². The van der Waals surface area contributed by atoms with Crippen LogP contribution in [0.1, 0.15) is 10.4 Å². The van der Waals surface area contributed by atoms with Gasteiger partial charge in [-0.3, -0.25) is 0 Å². The zero-order valence-corrected chi connectivity index (χ0v) is 10.6. The Bertz CT molecular complexity index is 699. The molecule has 0 spiro atoms. The van der Waals surface area contributed by atoms with Gasteiger partial charge in [0, 0.05) is 10.9 Å². The second-order valence-corrected chi connectivity index (χ2v) is 4.76. The number of furan rings is 1. The Morgan fingerprint density at radius 1 is 1.21 bits per heavy atom. The van der Waals surface area contributed by atoms with Crippen molar-refractivity contribution in [1.29, 1.82) is 0 Å². The van der Waals surface area contributed by atoms with Crippen molar-refractivity contribution in [2.45, 2.75) is 0 Å². The molecule has 4 nitrogen and oxygen atoms in total. The van der Waals surface area contributed by atoms with E-state index in [1.165, 1.54) is 11.3 Å². The van der Waals surface area contributed by atoms with Gasteiger partial charge in [-0.15, -0.1) is 11.3 Å². The first-order valence-electron chi connectivity index (χ1n) is 5.57. The Labute approximate surface area is 113 Å². The van der Waals surface area contributed by atoms with Gasteiger partial charge in [0.05, 0.1) is 11.8 Å². The Morgan fingerprint density at radius 2 is 2.00 bits per heavy atom. The van der Waals surface area contributed by atoms with Crippen molar-refractivity contribution in [1.82, 2.24) is 4.98 Å². The Balaban J connectivity index is 1.92. The lowest BCUT2D eigenvalue weighted by Crippen LogP contribution is -1.94. The van der Waals surface area contributed by atoms with Crippen LogP contribution in [0.5, 0.6) is 0 Å². The van der Waals surface area contributed by atoms with E-state index < -0.39 is 5.97 Å². The van der Waals surface area contributed by atoms with Gasteiger partial charge in [0.25, 0.3) is 0 Å². The highest BCUT2D eigenvalue weighted by Crippen LogP contribution is 2.29. The second kappa shape index (κ2) is 4.70. The molecule has 5 heteroatoms. The molecule has 0 saturated heterocycles. The first-order valence-corrected chi connectivity index (χ1v) is 6.45. The molecule has 1 aromatic carbocycles. The van der Waals surface area contributed by atoms with Crippen LogP contribution in [-0.2, 0) is 0 Å². The molecular formula is C14H9NO3S. The van der Waals surface area contributed by atoms with Crippen molar-refractivity contribution in [3.8, 4) is 22.0 Å². The first-order chi connectivity index (χ1) is 9.24. The summed E-state index contributed by atoms with van der Waals surface area (Å²) in [6, 6.07) is 10.3. The second-order valence-electron chi connectivity index (χ2n) is 3.90. The van der Waals surface area contributed by atoms with Gasteiger partial charge in [-0.1, -0.05) is 12.1 Å². The van der Waals surface area contributed by atoms with Crippen molar-refractivity contribution in [3.63, 3.8) is 0 Å². The summed E-state index contributed by atoms with van der Waals surface area (Å²) in [6.45, 7) is 0. The van der Waals surface area contributed by atoms with Crippen LogP contribution in [-0.4, -0.2) is 16.1 Å². The predicted octanol–water partition coefficient (Wildman–Crippen LogP) is 3.77. The maximum atomic E-state index is 10.8. The van der Waals surface area contributed by atoms with Crippen LogP contribution < -0.4 is 0 Å². The highest BCUT2D eigenvalue weighted by atomic mass is 32.1. The number of hydrogen-bond donors (Lipinski definition) is 1. The van der Waals surface area contributed by atoms with E-state index in [1.807, 2.05) is 17.5 Å². The molecule has 0 radical (unpaired) electrons. The summed E-state index contributed by atoms with van der Waals surface area (Å²) < 4.78 is 5.29. The third-order valence-electron chi connectivity index (χ3n) is 2.66. The molecule has 0 aliphatic heterocycles. The molecule has 0 saturated carbocycles. The molecule has 2 heterocycles. The van der Waals surface area contributed by atoms with E-state index in [9.17, 15) is 4.79 Å². The van der Waals surface area contributed by atoms with Gasteiger partial charge in [-0.05, 0) is 24.3 Å². The minimum atomic E-state index is -0.929. The van der Waals surface area contributed by atoms with Gasteiger partial charge in [-0.2, -0.15) is 0 Å². The Hall–Kier alpha value is -2.40. The molecule has 3 aromatic rings. The molecule has 0 aliphatic carbocycles. The van der Waals surface area contributed by atoms with Gasteiger partial charge in [-0.25, -0.2) is 9.78 Å². The number of hydrogen-bond acceptors (Lipinski definition) is 4. The standard InChI is InChI=1S/C14H9NO3S/c16-14(17)10-5-3-9(4-6-10)13-15-11(8-19-13)12-2-1-7-18-12/h1-8H,(H,16,17). The number of thiazole rings is 1. The van der Waals surface area contributed by atoms with E-state index in [0.29, 0.717) is 0 Å². The molecule has 0 aliphatic rings. The van der Waals surface area contributed by atoms with E-state index in [2.05, 4.69) is 4.98 Å². The highest BCUT2D eigenvalue weighted by Gasteiger charge is 2.09. The molecule has 3 rings (SSSR count). The number of carbonyl (C=O) groups is 1. The lowest BCUT2D eigenvalue weighted by atomic mass is 10.1. The summed E-state index contributed by atoms with van der Waals surface area (Å²) >= 11 is 1.50. The number of aromatic nitrogens is 1. The van der Waals surface area contributed by atoms with Crippen LogP contribution in [0.2, 0.25) is 0 Å². The smallest absolute Gasteiger partial charge is 0.335 e. The van der Waals surface area contributed by atoms with Crippen LogP contribution in [0.25, 0.3) is 22.0 Å². The number of carboxylic acids is 1. The van der Waals surface area contributed by atoms with Crippen molar-refractivity contribution >= 4 is 17.3 Å². The zero-order valence-electron chi connectivity index (χ0n) is 9.74. The molecule has 0 atom stereocenters. The van der Waals surface area contributed by atoms with E-state index in [0.717, 1.165) is 22.0 Å². The maximum absolute atomic E-state index is 10.8. The SMILES string of the molecule is O=C(O)c1ccc(-c2nc(-c3ccco3)cs2)cc1. The van der Waals surface area contributed by atoms with E-state index in [4.69, 9.17) is 9.52 Å². The molecule has 0 fully saturated rings. The summed E-state index contributed by atoms with van der Waals surface area (Å²) in [7, 11) is 0. The normalized spacial score (nSPS) is 10.5. The van der Waals surface area contributed by atoms with E-state index >= 15 is 0 Å². The Kier molecular flexibility index (Phi) is 2.89. The van der Waals surface area contributed by atoms with Gasteiger partial charge in [0.15, 0.2) is 5.76 Å². The number of aromatic carboxylic acids is 1. The number of benzene rings is 1. The summed E-state index contributed by atoms with van der Waals surface area (Å²) in [5, 5.41) is 11.6. The minimum Gasteiger partial charge on any atom is -0.478 e. The monoisotopic (exact) mass is 271 g/mol. The predicted molar refractivity (Wildman–Crippen MR) is 72.2 cm³/mol. The number of rotatable bonds is 3. The summed E-state index contributed by atoms with van der Waals surface area (Å²) in [6.07, 6.45) is 1.61. The minimum absolute atomic E-state index is 0.270. The van der Waals surface area contributed by atoms with Crippen LogP contribution in [0.3, 0.4) is 0 Å². The molecule has 2 aromatic heterocycles. The molecule has 19 heavy (non-hydrogen) atoms. The summed E-state index contributed by atoms with van der Waals surface area (Å²) in [5.74, 6) is -0.202. The van der Waals surface area contributed by atoms with Crippen LogP contribution in [0.4, 0.5) is 0 Å². The highest BCUT2D eigenvalue weighted by molar-refractivity contribution is 7.13. The summed E-state index contributed by atoms with van der Waals surface area (Å²) in [5.41, 5.74) is 1.95. The quantitative estimate of drug-likeness (QED) is 0.787. The van der Waals surface area contributed by atoms with Gasteiger partial charge >= 0.3 is 5.97 Å². The fourth-order valence-corrected chi connectivity index (χ4v) is 2.51. The lowest BCUT2D eigenvalue weighted by Gasteiger charge is -1.97. The van der Waals surface area contributed by atoms with Crippen molar-refractivity contribution in [3.05, 3.63) is 53.6 Å². The van der Waals surface area contributed by atoms with Gasteiger partial charge < -0.3 is 9.52 Å². The largest absolute Gasteiger partial charge is 0.478 e. The van der Waals surface area contributed by atoms with Gasteiger partial charge in [0.1, 0.15) is 10.7 Å². The van der Waals surface area contributed by atoms with E-state index in [1.54, 1.807) is 30.5 Å². The molecule has 1 N–H and O–H groups in total. The fraction of sp³-hybridized carbons (Fsp3) is 0. The third kappa shape index (κ3) is 2.28.